The van der Waals surface area contributed by atoms with Crippen LogP contribution in [0.5, 0.6) is 0 Å². The summed E-state index contributed by atoms with van der Waals surface area (Å²) < 4.78 is 0. The number of carboxylic acids is 1. The molecule has 1 aliphatic carbocycles. The van der Waals surface area contributed by atoms with E-state index in [-0.39, 0.29) is 5.92 Å². The lowest BCUT2D eigenvalue weighted by atomic mass is 9.93. The van der Waals surface area contributed by atoms with Gasteiger partial charge >= 0.3 is 5.97 Å². The van der Waals surface area contributed by atoms with Crippen LogP contribution in [-0.4, -0.2) is 35.1 Å². The molecule has 18 heavy (non-hydrogen) atoms. The van der Waals surface area contributed by atoms with Gasteiger partial charge < -0.3 is 5.11 Å². The molecular weight excluding hydrogens is 226 g/mol. The summed E-state index contributed by atoms with van der Waals surface area (Å²) in [7, 11) is 0. The fourth-order valence-electron chi connectivity index (χ4n) is 3.63. The molecule has 3 heteroatoms. The van der Waals surface area contributed by atoms with Crippen LogP contribution in [0.2, 0.25) is 0 Å². The first-order valence-electron chi connectivity index (χ1n) is 7.65. The summed E-state index contributed by atoms with van der Waals surface area (Å²) in [5.74, 6) is 0.115. The molecule has 1 heterocycles. The fraction of sp³-hybridized carbons (Fsp3) is 0.933. The Balaban J connectivity index is 2.04. The van der Waals surface area contributed by atoms with Crippen LogP contribution in [0.1, 0.15) is 58.3 Å². The van der Waals surface area contributed by atoms with Gasteiger partial charge in [0, 0.05) is 6.04 Å². The first-order chi connectivity index (χ1) is 8.68. The summed E-state index contributed by atoms with van der Waals surface area (Å²) in [6.45, 7) is 4.54. The average molecular weight is 253 g/mol. The van der Waals surface area contributed by atoms with E-state index < -0.39 is 5.97 Å². The average Bonchev–Trinajstić information content (AvgIpc) is 2.68. The monoisotopic (exact) mass is 253 g/mol. The summed E-state index contributed by atoms with van der Waals surface area (Å²) in [6, 6.07) is 0.301. The number of likely N-dealkylation sites (tertiary alicyclic amines) is 1. The van der Waals surface area contributed by atoms with Crippen LogP contribution in [0.3, 0.4) is 0 Å². The molecule has 0 amide bonds. The summed E-state index contributed by atoms with van der Waals surface area (Å²) in [4.78, 5) is 14.0. The van der Waals surface area contributed by atoms with E-state index in [1.54, 1.807) is 0 Å². The van der Waals surface area contributed by atoms with Crippen molar-refractivity contribution in [3.05, 3.63) is 0 Å². The number of aliphatic carboxylic acids is 1. The topological polar surface area (TPSA) is 40.5 Å². The molecule has 104 valence electrons. The maximum atomic E-state index is 11.5. The molecule has 1 saturated carbocycles. The van der Waals surface area contributed by atoms with Crippen molar-refractivity contribution in [1.82, 2.24) is 4.90 Å². The molecule has 3 unspecified atom stereocenters. The first kappa shape index (κ1) is 13.9. The molecule has 0 aromatic carbocycles. The van der Waals surface area contributed by atoms with E-state index in [0.29, 0.717) is 6.04 Å². The highest BCUT2D eigenvalue weighted by Crippen LogP contribution is 2.30. The van der Waals surface area contributed by atoms with Crippen LogP contribution in [0, 0.1) is 11.8 Å². The molecule has 0 spiro atoms. The maximum Gasteiger partial charge on any atom is 0.308 e. The Morgan fingerprint density at radius 2 is 1.78 bits per heavy atom. The van der Waals surface area contributed by atoms with Crippen molar-refractivity contribution < 1.29 is 9.90 Å². The largest absolute Gasteiger partial charge is 0.481 e. The van der Waals surface area contributed by atoms with E-state index in [0.717, 1.165) is 38.3 Å². The summed E-state index contributed by atoms with van der Waals surface area (Å²) >= 11 is 0. The second-order valence-corrected chi connectivity index (χ2v) is 6.22. The van der Waals surface area contributed by atoms with Crippen LogP contribution < -0.4 is 0 Å². The van der Waals surface area contributed by atoms with Crippen molar-refractivity contribution >= 4 is 5.97 Å². The number of hydrogen-bond donors (Lipinski definition) is 1. The van der Waals surface area contributed by atoms with Crippen LogP contribution in [0.4, 0.5) is 0 Å². The van der Waals surface area contributed by atoms with Gasteiger partial charge in [-0.15, -0.1) is 0 Å². The predicted molar refractivity (Wildman–Crippen MR) is 72.6 cm³/mol. The second kappa shape index (κ2) is 6.55. The minimum atomic E-state index is -0.570. The standard InChI is InChI=1S/C15H27NO2/c1-12-6-5-10-16(11-9-12)14-8-4-2-3-7-13(14)15(17)18/h12-14H,2-11H2,1H3,(H,17,18). The van der Waals surface area contributed by atoms with Gasteiger partial charge in [0.2, 0.25) is 0 Å². The summed E-state index contributed by atoms with van der Waals surface area (Å²) in [6.07, 6.45) is 9.27. The summed E-state index contributed by atoms with van der Waals surface area (Å²) in [5.41, 5.74) is 0. The zero-order valence-electron chi connectivity index (χ0n) is 11.6. The summed E-state index contributed by atoms with van der Waals surface area (Å²) in [5, 5.41) is 9.46. The molecule has 2 aliphatic rings. The van der Waals surface area contributed by atoms with Crippen molar-refractivity contribution in [1.29, 1.82) is 0 Å². The van der Waals surface area contributed by atoms with Crippen molar-refractivity contribution in [2.45, 2.75) is 64.3 Å². The van der Waals surface area contributed by atoms with Crippen molar-refractivity contribution in [3.63, 3.8) is 0 Å². The molecule has 1 saturated heterocycles. The maximum absolute atomic E-state index is 11.5. The molecule has 0 aromatic heterocycles. The van der Waals surface area contributed by atoms with Gasteiger partial charge in [0.05, 0.1) is 5.92 Å². The SMILES string of the molecule is CC1CCCN(C2CCCCCC2C(=O)O)CC1. The minimum absolute atomic E-state index is 0.124. The van der Waals surface area contributed by atoms with Gasteiger partial charge in [-0.25, -0.2) is 0 Å². The lowest BCUT2D eigenvalue weighted by Crippen LogP contribution is -2.43. The van der Waals surface area contributed by atoms with Crippen molar-refractivity contribution in [2.75, 3.05) is 13.1 Å². The van der Waals surface area contributed by atoms with Crippen molar-refractivity contribution in [2.24, 2.45) is 11.8 Å². The number of carboxylic acid groups (broad SMARTS) is 1. The highest BCUT2D eigenvalue weighted by atomic mass is 16.4. The number of carbonyl (C=O) groups is 1. The van der Waals surface area contributed by atoms with Gasteiger partial charge in [-0.3, -0.25) is 9.69 Å². The van der Waals surface area contributed by atoms with Crippen LogP contribution in [0.25, 0.3) is 0 Å². The number of nitrogens with zero attached hydrogens (tertiary/aromatic N) is 1. The lowest BCUT2D eigenvalue weighted by Gasteiger charge is -2.33. The van der Waals surface area contributed by atoms with Gasteiger partial charge in [-0.1, -0.05) is 26.2 Å². The van der Waals surface area contributed by atoms with Gasteiger partial charge in [-0.05, 0) is 51.1 Å². The quantitative estimate of drug-likeness (QED) is 0.769. The molecule has 0 radical (unpaired) electrons. The Morgan fingerprint density at radius 1 is 1.00 bits per heavy atom. The molecular formula is C15H27NO2. The van der Waals surface area contributed by atoms with Crippen LogP contribution in [0.15, 0.2) is 0 Å². The normalized spacial score (nSPS) is 35.7. The molecule has 1 aliphatic heterocycles. The highest BCUT2D eigenvalue weighted by Gasteiger charge is 2.34. The Hall–Kier alpha value is -0.570. The Bertz CT molecular complexity index is 280. The molecule has 3 nitrogen and oxygen atoms in total. The molecule has 2 rings (SSSR count). The minimum Gasteiger partial charge on any atom is -0.481 e. The fourth-order valence-corrected chi connectivity index (χ4v) is 3.63. The third-order valence-electron chi connectivity index (χ3n) is 4.82. The number of hydrogen-bond acceptors (Lipinski definition) is 2. The zero-order chi connectivity index (χ0) is 13.0. The lowest BCUT2D eigenvalue weighted by molar-refractivity contribution is -0.144. The van der Waals surface area contributed by atoms with Gasteiger partial charge in [-0.2, -0.15) is 0 Å². The van der Waals surface area contributed by atoms with Gasteiger partial charge in [0.25, 0.3) is 0 Å². The van der Waals surface area contributed by atoms with E-state index in [2.05, 4.69) is 11.8 Å². The molecule has 2 fully saturated rings. The van der Waals surface area contributed by atoms with E-state index in [9.17, 15) is 9.90 Å². The zero-order valence-corrected chi connectivity index (χ0v) is 11.6. The van der Waals surface area contributed by atoms with Gasteiger partial charge in [0.1, 0.15) is 0 Å². The molecule has 1 N–H and O–H groups in total. The van der Waals surface area contributed by atoms with Gasteiger partial charge in [0.15, 0.2) is 0 Å². The van der Waals surface area contributed by atoms with Crippen LogP contribution >= 0.6 is 0 Å². The van der Waals surface area contributed by atoms with E-state index >= 15 is 0 Å². The Morgan fingerprint density at radius 3 is 2.56 bits per heavy atom. The Kier molecular flexibility index (Phi) is 5.04. The van der Waals surface area contributed by atoms with E-state index in [1.165, 1.54) is 32.1 Å². The molecule has 0 aromatic rings. The third-order valence-corrected chi connectivity index (χ3v) is 4.82. The predicted octanol–water partition coefficient (Wildman–Crippen LogP) is 3.14. The second-order valence-electron chi connectivity index (χ2n) is 6.22. The highest BCUT2D eigenvalue weighted by molar-refractivity contribution is 5.70. The smallest absolute Gasteiger partial charge is 0.308 e. The number of rotatable bonds is 2. The molecule has 0 bridgehead atoms. The first-order valence-corrected chi connectivity index (χ1v) is 7.65. The third kappa shape index (κ3) is 3.47. The molecule has 3 atom stereocenters. The van der Waals surface area contributed by atoms with E-state index in [4.69, 9.17) is 0 Å². The van der Waals surface area contributed by atoms with Crippen LogP contribution in [-0.2, 0) is 4.79 Å². The Labute approximate surface area is 111 Å². The van der Waals surface area contributed by atoms with E-state index in [1.807, 2.05) is 0 Å². The van der Waals surface area contributed by atoms with Crippen molar-refractivity contribution in [3.8, 4) is 0 Å².